The van der Waals surface area contributed by atoms with Gasteiger partial charge < -0.3 is 0 Å². The topological polar surface area (TPSA) is 0 Å². The highest BCUT2D eigenvalue weighted by molar-refractivity contribution is 9.10. The van der Waals surface area contributed by atoms with Crippen LogP contribution in [0.1, 0.15) is 5.56 Å². The van der Waals surface area contributed by atoms with Gasteiger partial charge in [-0.15, -0.1) is 11.6 Å². The molecule has 12 heavy (non-hydrogen) atoms. The van der Waals surface area contributed by atoms with Gasteiger partial charge in [-0.3, -0.25) is 0 Å². The summed E-state index contributed by atoms with van der Waals surface area (Å²) in [5, 5.41) is 0. The molecule has 1 aromatic rings. The van der Waals surface area contributed by atoms with Crippen molar-refractivity contribution in [3.8, 4) is 11.8 Å². The maximum absolute atomic E-state index is 12.7. The van der Waals surface area contributed by atoms with Crippen molar-refractivity contribution >= 4 is 27.5 Å². The van der Waals surface area contributed by atoms with Gasteiger partial charge >= 0.3 is 0 Å². The lowest BCUT2D eigenvalue weighted by Crippen LogP contribution is -1.80. The fourth-order valence-corrected chi connectivity index (χ4v) is 1.13. The standard InChI is InChI=1S/C9H5BrClF/c10-9-4-3-8(12)6-7(9)2-1-5-11/h3-4,6H,5H2. The number of hydrogen-bond donors (Lipinski definition) is 0. The molecular formula is C9H5BrClF. The third-order valence-electron chi connectivity index (χ3n) is 1.22. The summed E-state index contributed by atoms with van der Waals surface area (Å²) in [4.78, 5) is 0. The minimum atomic E-state index is -0.294. The molecule has 0 N–H and O–H groups in total. The predicted molar refractivity (Wildman–Crippen MR) is 51.7 cm³/mol. The van der Waals surface area contributed by atoms with Gasteiger partial charge in [-0.2, -0.15) is 0 Å². The Kier molecular flexibility index (Phi) is 3.58. The summed E-state index contributed by atoms with van der Waals surface area (Å²) in [5.74, 6) is 5.34. The second-order valence-electron chi connectivity index (χ2n) is 2.06. The van der Waals surface area contributed by atoms with Crippen LogP contribution < -0.4 is 0 Å². The SMILES string of the molecule is Fc1ccc(Br)c(C#CCCl)c1. The monoisotopic (exact) mass is 246 g/mol. The molecule has 0 heterocycles. The van der Waals surface area contributed by atoms with Gasteiger partial charge in [-0.25, -0.2) is 4.39 Å². The number of rotatable bonds is 0. The fourth-order valence-electron chi connectivity index (χ4n) is 0.722. The van der Waals surface area contributed by atoms with Gasteiger partial charge in [0.2, 0.25) is 0 Å². The quantitative estimate of drug-likeness (QED) is 0.488. The molecule has 0 aliphatic carbocycles. The fraction of sp³-hybridized carbons (Fsp3) is 0.111. The second kappa shape index (κ2) is 4.49. The largest absolute Gasteiger partial charge is 0.207 e. The normalized spacial score (nSPS) is 8.92. The van der Waals surface area contributed by atoms with Crippen LogP contribution in [0.25, 0.3) is 0 Å². The van der Waals surface area contributed by atoms with Gasteiger partial charge in [0.15, 0.2) is 0 Å². The summed E-state index contributed by atoms with van der Waals surface area (Å²) in [6.45, 7) is 0. The van der Waals surface area contributed by atoms with Gasteiger partial charge in [-0.1, -0.05) is 11.8 Å². The van der Waals surface area contributed by atoms with Crippen LogP contribution in [0, 0.1) is 17.7 Å². The number of alkyl halides is 1. The Morgan fingerprint density at radius 3 is 2.92 bits per heavy atom. The zero-order valence-electron chi connectivity index (χ0n) is 6.07. The van der Waals surface area contributed by atoms with E-state index < -0.39 is 0 Å². The lowest BCUT2D eigenvalue weighted by molar-refractivity contribution is 0.627. The van der Waals surface area contributed by atoms with E-state index in [1.165, 1.54) is 12.1 Å². The van der Waals surface area contributed by atoms with Gasteiger partial charge in [0.1, 0.15) is 5.82 Å². The molecule has 0 unspecified atom stereocenters. The van der Waals surface area contributed by atoms with E-state index in [-0.39, 0.29) is 11.7 Å². The molecule has 1 rings (SSSR count). The highest BCUT2D eigenvalue weighted by Crippen LogP contribution is 2.16. The van der Waals surface area contributed by atoms with Crippen LogP contribution in [-0.4, -0.2) is 5.88 Å². The van der Waals surface area contributed by atoms with E-state index in [0.29, 0.717) is 5.56 Å². The van der Waals surface area contributed by atoms with E-state index >= 15 is 0 Å². The van der Waals surface area contributed by atoms with E-state index in [1.54, 1.807) is 6.07 Å². The molecule has 0 atom stereocenters. The molecule has 3 heteroatoms. The van der Waals surface area contributed by atoms with Crippen LogP contribution in [0.5, 0.6) is 0 Å². The molecule has 0 nitrogen and oxygen atoms in total. The first-order chi connectivity index (χ1) is 5.74. The molecule has 62 valence electrons. The summed E-state index contributed by atoms with van der Waals surface area (Å²) in [5.41, 5.74) is 0.621. The Morgan fingerprint density at radius 1 is 1.50 bits per heavy atom. The van der Waals surface area contributed by atoms with Crippen molar-refractivity contribution in [3.63, 3.8) is 0 Å². The van der Waals surface area contributed by atoms with E-state index in [2.05, 4.69) is 27.8 Å². The first kappa shape index (κ1) is 9.57. The first-order valence-electron chi connectivity index (χ1n) is 3.24. The summed E-state index contributed by atoms with van der Waals surface area (Å²) < 4.78 is 13.4. The number of halogens is 3. The molecule has 0 radical (unpaired) electrons. The first-order valence-corrected chi connectivity index (χ1v) is 4.56. The second-order valence-corrected chi connectivity index (χ2v) is 3.18. The van der Waals surface area contributed by atoms with Crippen molar-refractivity contribution in [2.45, 2.75) is 0 Å². The van der Waals surface area contributed by atoms with E-state index in [4.69, 9.17) is 11.6 Å². The van der Waals surface area contributed by atoms with Crippen LogP contribution in [0.2, 0.25) is 0 Å². The van der Waals surface area contributed by atoms with Crippen molar-refractivity contribution in [2.24, 2.45) is 0 Å². The maximum Gasteiger partial charge on any atom is 0.124 e. The minimum Gasteiger partial charge on any atom is -0.207 e. The van der Waals surface area contributed by atoms with Crippen molar-refractivity contribution in [3.05, 3.63) is 34.1 Å². The average molecular weight is 247 g/mol. The number of benzene rings is 1. The van der Waals surface area contributed by atoms with Gasteiger partial charge in [-0.05, 0) is 34.1 Å². The van der Waals surface area contributed by atoms with Crippen LogP contribution in [0.3, 0.4) is 0 Å². The van der Waals surface area contributed by atoms with E-state index in [0.717, 1.165) is 4.47 Å². The molecule has 0 amide bonds. The van der Waals surface area contributed by atoms with Crippen LogP contribution in [0.15, 0.2) is 22.7 Å². The molecule has 1 aromatic carbocycles. The Labute approximate surface area is 83.9 Å². The van der Waals surface area contributed by atoms with Crippen molar-refractivity contribution in [2.75, 3.05) is 5.88 Å². The Balaban J connectivity index is 3.05. The molecule has 0 aromatic heterocycles. The lowest BCUT2D eigenvalue weighted by atomic mass is 10.2. The highest BCUT2D eigenvalue weighted by Gasteiger charge is 1.97. The van der Waals surface area contributed by atoms with E-state index in [9.17, 15) is 4.39 Å². The van der Waals surface area contributed by atoms with Crippen LogP contribution in [0.4, 0.5) is 4.39 Å². The highest BCUT2D eigenvalue weighted by atomic mass is 79.9. The molecule has 0 saturated heterocycles. The van der Waals surface area contributed by atoms with Gasteiger partial charge in [0, 0.05) is 10.0 Å². The molecule has 0 bridgehead atoms. The minimum absolute atomic E-state index is 0.253. The maximum atomic E-state index is 12.7. The zero-order chi connectivity index (χ0) is 8.97. The Morgan fingerprint density at radius 2 is 2.25 bits per heavy atom. The third-order valence-corrected chi connectivity index (χ3v) is 2.04. The van der Waals surface area contributed by atoms with Crippen molar-refractivity contribution in [1.29, 1.82) is 0 Å². The summed E-state index contributed by atoms with van der Waals surface area (Å²) in [6.07, 6.45) is 0. The molecule has 0 spiro atoms. The van der Waals surface area contributed by atoms with Crippen molar-refractivity contribution < 1.29 is 4.39 Å². The summed E-state index contributed by atoms with van der Waals surface area (Å²) in [6, 6.07) is 4.35. The third kappa shape index (κ3) is 2.51. The summed E-state index contributed by atoms with van der Waals surface area (Å²) in [7, 11) is 0. The molecule has 0 fully saturated rings. The number of hydrogen-bond acceptors (Lipinski definition) is 0. The van der Waals surface area contributed by atoms with E-state index in [1.807, 2.05) is 0 Å². The van der Waals surface area contributed by atoms with Crippen LogP contribution in [-0.2, 0) is 0 Å². The lowest BCUT2D eigenvalue weighted by Gasteiger charge is -1.94. The molecular weight excluding hydrogens is 242 g/mol. The van der Waals surface area contributed by atoms with Crippen molar-refractivity contribution in [1.82, 2.24) is 0 Å². The molecule has 0 aliphatic rings. The molecule has 0 aliphatic heterocycles. The van der Waals surface area contributed by atoms with Gasteiger partial charge in [0.25, 0.3) is 0 Å². The smallest absolute Gasteiger partial charge is 0.124 e. The summed E-state index contributed by atoms with van der Waals surface area (Å²) >= 11 is 8.61. The average Bonchev–Trinajstić information content (AvgIpc) is 2.07. The zero-order valence-corrected chi connectivity index (χ0v) is 8.41. The molecule has 0 saturated carbocycles. The van der Waals surface area contributed by atoms with Crippen LogP contribution >= 0.6 is 27.5 Å². The Hall–Kier alpha value is -0.520. The Bertz CT molecular complexity index is 338. The van der Waals surface area contributed by atoms with Gasteiger partial charge in [0.05, 0.1) is 5.88 Å². The predicted octanol–water partition coefficient (Wildman–Crippen LogP) is 3.18.